The van der Waals surface area contributed by atoms with Crippen molar-refractivity contribution < 1.29 is 9.47 Å². The largest absolute Gasteiger partial charge is 0.486 e. The van der Waals surface area contributed by atoms with Crippen LogP contribution in [0.15, 0.2) is 35.4 Å². The number of nitrogens with zero attached hydrogens (tertiary/aromatic N) is 2. The lowest BCUT2D eigenvalue weighted by Gasteiger charge is -2.22. The van der Waals surface area contributed by atoms with Crippen LogP contribution in [-0.4, -0.2) is 29.4 Å². The minimum Gasteiger partial charge on any atom is -0.486 e. The van der Waals surface area contributed by atoms with Crippen molar-refractivity contribution in [3.8, 4) is 11.5 Å². The van der Waals surface area contributed by atoms with Gasteiger partial charge in [-0.15, -0.1) is 0 Å². The number of imidazole rings is 1. The second kappa shape index (κ2) is 5.65. The standard InChI is InChI=1S/C15H19N3O3/c1-16-12(10-18-6-5-17(2)15(18)19)11-3-4-13-14(9-11)21-8-7-20-13/h3-6,9,12,16H,7-8,10H2,1-2H3. The highest BCUT2D eigenvalue weighted by atomic mass is 16.6. The molecule has 0 saturated carbocycles. The van der Waals surface area contributed by atoms with Gasteiger partial charge in [0.15, 0.2) is 11.5 Å². The molecule has 1 N–H and O–H groups in total. The lowest BCUT2D eigenvalue weighted by Crippen LogP contribution is -2.29. The first-order chi connectivity index (χ1) is 10.2. The summed E-state index contributed by atoms with van der Waals surface area (Å²) in [5.74, 6) is 1.54. The summed E-state index contributed by atoms with van der Waals surface area (Å²) in [6, 6.07) is 5.93. The molecule has 21 heavy (non-hydrogen) atoms. The number of aromatic nitrogens is 2. The zero-order chi connectivity index (χ0) is 14.8. The van der Waals surface area contributed by atoms with E-state index in [0.717, 1.165) is 17.1 Å². The Hall–Kier alpha value is -2.21. The third-order valence-corrected chi connectivity index (χ3v) is 3.71. The molecule has 0 amide bonds. The number of hydrogen-bond donors (Lipinski definition) is 1. The summed E-state index contributed by atoms with van der Waals surface area (Å²) in [7, 11) is 3.63. The quantitative estimate of drug-likeness (QED) is 0.909. The molecule has 1 aromatic heterocycles. The topological polar surface area (TPSA) is 57.4 Å². The molecule has 0 saturated heterocycles. The zero-order valence-electron chi connectivity index (χ0n) is 12.2. The van der Waals surface area contributed by atoms with Gasteiger partial charge >= 0.3 is 5.69 Å². The predicted octanol–water partition coefficient (Wildman–Crippen LogP) is 0.919. The number of ether oxygens (including phenoxy) is 2. The molecule has 1 atom stereocenters. The van der Waals surface area contributed by atoms with Gasteiger partial charge in [0.05, 0.1) is 6.04 Å². The SMILES string of the molecule is CNC(Cn1ccn(C)c1=O)c1ccc2c(c1)OCCO2. The highest BCUT2D eigenvalue weighted by Crippen LogP contribution is 2.32. The average molecular weight is 289 g/mol. The summed E-state index contributed by atoms with van der Waals surface area (Å²) in [6.07, 6.45) is 3.56. The molecular weight excluding hydrogens is 270 g/mol. The molecule has 0 bridgehead atoms. The predicted molar refractivity (Wildman–Crippen MR) is 78.9 cm³/mol. The van der Waals surface area contributed by atoms with Gasteiger partial charge in [0.2, 0.25) is 0 Å². The van der Waals surface area contributed by atoms with E-state index >= 15 is 0 Å². The van der Waals surface area contributed by atoms with Gasteiger partial charge in [-0.25, -0.2) is 4.79 Å². The molecule has 1 aromatic carbocycles. The van der Waals surface area contributed by atoms with E-state index < -0.39 is 0 Å². The molecule has 2 heterocycles. The number of hydrogen-bond acceptors (Lipinski definition) is 4. The molecule has 1 aliphatic rings. The molecule has 1 aliphatic heterocycles. The van der Waals surface area contributed by atoms with Crippen LogP contribution >= 0.6 is 0 Å². The van der Waals surface area contributed by atoms with Crippen LogP contribution in [-0.2, 0) is 13.6 Å². The van der Waals surface area contributed by atoms with Crippen LogP contribution in [0.25, 0.3) is 0 Å². The Kier molecular flexibility index (Phi) is 3.70. The van der Waals surface area contributed by atoms with Crippen molar-refractivity contribution >= 4 is 0 Å². The molecule has 1 unspecified atom stereocenters. The Balaban J connectivity index is 1.86. The van der Waals surface area contributed by atoms with Crippen LogP contribution in [0, 0.1) is 0 Å². The summed E-state index contributed by atoms with van der Waals surface area (Å²) in [5, 5.41) is 3.24. The molecule has 3 rings (SSSR count). The molecule has 0 fully saturated rings. The minimum atomic E-state index is -0.0206. The number of nitrogens with one attached hydrogen (secondary N) is 1. The van der Waals surface area contributed by atoms with E-state index in [2.05, 4.69) is 5.32 Å². The zero-order valence-corrected chi connectivity index (χ0v) is 12.2. The highest BCUT2D eigenvalue weighted by molar-refractivity contribution is 5.44. The van der Waals surface area contributed by atoms with Crippen molar-refractivity contribution in [1.82, 2.24) is 14.5 Å². The maximum Gasteiger partial charge on any atom is 0.327 e. The maximum atomic E-state index is 11.9. The second-order valence-electron chi connectivity index (χ2n) is 5.09. The van der Waals surface area contributed by atoms with Gasteiger partial charge in [-0.1, -0.05) is 6.07 Å². The van der Waals surface area contributed by atoms with Crippen LogP contribution in [0.4, 0.5) is 0 Å². The Morgan fingerprint density at radius 1 is 1.24 bits per heavy atom. The van der Waals surface area contributed by atoms with Crippen molar-refractivity contribution in [1.29, 1.82) is 0 Å². The number of aryl methyl sites for hydroxylation is 1. The number of rotatable bonds is 4. The summed E-state index contributed by atoms with van der Waals surface area (Å²) < 4.78 is 14.4. The van der Waals surface area contributed by atoms with E-state index in [9.17, 15) is 4.79 Å². The van der Waals surface area contributed by atoms with Crippen LogP contribution in [0.5, 0.6) is 11.5 Å². The van der Waals surface area contributed by atoms with Crippen LogP contribution in [0.1, 0.15) is 11.6 Å². The van der Waals surface area contributed by atoms with E-state index in [4.69, 9.17) is 9.47 Å². The Labute approximate surface area is 122 Å². The van der Waals surface area contributed by atoms with Crippen molar-refractivity contribution in [2.24, 2.45) is 7.05 Å². The molecular formula is C15H19N3O3. The molecule has 2 aromatic rings. The molecule has 6 heteroatoms. The lowest BCUT2D eigenvalue weighted by molar-refractivity contribution is 0.171. The van der Waals surface area contributed by atoms with Gasteiger partial charge in [-0.2, -0.15) is 0 Å². The molecule has 0 aliphatic carbocycles. The maximum absolute atomic E-state index is 11.9. The van der Waals surface area contributed by atoms with Gasteiger partial charge < -0.3 is 19.4 Å². The first-order valence-electron chi connectivity index (χ1n) is 6.97. The van der Waals surface area contributed by atoms with E-state index in [1.165, 1.54) is 0 Å². The number of benzene rings is 1. The fourth-order valence-electron chi connectivity index (χ4n) is 2.49. The first-order valence-corrected chi connectivity index (χ1v) is 6.97. The number of likely N-dealkylation sites (N-methyl/N-ethyl adjacent to an activating group) is 1. The van der Waals surface area contributed by atoms with Gasteiger partial charge in [0, 0.05) is 26.0 Å². The molecule has 6 nitrogen and oxygen atoms in total. The third-order valence-electron chi connectivity index (χ3n) is 3.71. The minimum absolute atomic E-state index is 0.0206. The summed E-state index contributed by atoms with van der Waals surface area (Å²) in [5.41, 5.74) is 1.05. The van der Waals surface area contributed by atoms with Crippen LogP contribution in [0.2, 0.25) is 0 Å². The van der Waals surface area contributed by atoms with E-state index in [1.807, 2.05) is 25.2 Å². The normalized spacial score (nSPS) is 15.0. The Morgan fingerprint density at radius 2 is 2.00 bits per heavy atom. The summed E-state index contributed by atoms with van der Waals surface area (Å²) in [6.45, 7) is 1.72. The van der Waals surface area contributed by atoms with Gasteiger partial charge in [-0.05, 0) is 24.7 Å². The fourth-order valence-corrected chi connectivity index (χ4v) is 2.49. The van der Waals surface area contributed by atoms with Crippen LogP contribution in [0.3, 0.4) is 0 Å². The second-order valence-corrected chi connectivity index (χ2v) is 5.09. The lowest BCUT2D eigenvalue weighted by atomic mass is 10.1. The summed E-state index contributed by atoms with van der Waals surface area (Å²) in [4.78, 5) is 11.9. The molecule has 0 spiro atoms. The highest BCUT2D eigenvalue weighted by Gasteiger charge is 2.17. The van der Waals surface area contributed by atoms with Crippen molar-refractivity contribution in [2.75, 3.05) is 20.3 Å². The average Bonchev–Trinajstić information content (AvgIpc) is 2.84. The van der Waals surface area contributed by atoms with E-state index in [1.54, 1.807) is 28.6 Å². The van der Waals surface area contributed by atoms with E-state index in [0.29, 0.717) is 19.8 Å². The van der Waals surface area contributed by atoms with Crippen LogP contribution < -0.4 is 20.5 Å². The Bertz CT molecular complexity index is 690. The smallest absolute Gasteiger partial charge is 0.327 e. The van der Waals surface area contributed by atoms with Crippen molar-refractivity contribution in [2.45, 2.75) is 12.6 Å². The number of fused-ring (bicyclic) bond motifs is 1. The van der Waals surface area contributed by atoms with Gasteiger partial charge in [-0.3, -0.25) is 4.57 Å². The first kappa shape index (κ1) is 13.8. The van der Waals surface area contributed by atoms with E-state index in [-0.39, 0.29) is 11.7 Å². The van der Waals surface area contributed by atoms with Crippen molar-refractivity contribution in [3.05, 3.63) is 46.6 Å². The van der Waals surface area contributed by atoms with Gasteiger partial charge in [0.25, 0.3) is 0 Å². The third kappa shape index (κ3) is 2.67. The monoisotopic (exact) mass is 289 g/mol. The summed E-state index contributed by atoms with van der Waals surface area (Å²) >= 11 is 0. The Morgan fingerprint density at radius 3 is 2.67 bits per heavy atom. The van der Waals surface area contributed by atoms with Crippen molar-refractivity contribution in [3.63, 3.8) is 0 Å². The molecule has 0 radical (unpaired) electrons. The fraction of sp³-hybridized carbons (Fsp3) is 0.400. The van der Waals surface area contributed by atoms with Gasteiger partial charge in [0.1, 0.15) is 13.2 Å². The molecule has 112 valence electrons.